The van der Waals surface area contributed by atoms with Crippen molar-refractivity contribution in [3.8, 4) is 11.8 Å². The molecule has 2 aromatic rings. The van der Waals surface area contributed by atoms with Gasteiger partial charge in [0.2, 0.25) is 0 Å². The van der Waals surface area contributed by atoms with Gasteiger partial charge in [-0.05, 0) is 24.6 Å². The maximum atomic E-state index is 3.33. The van der Waals surface area contributed by atoms with E-state index in [0.29, 0.717) is 6.54 Å². The van der Waals surface area contributed by atoms with Crippen LogP contribution in [-0.2, 0) is 6.54 Å². The van der Waals surface area contributed by atoms with Crippen LogP contribution in [0.25, 0.3) is 0 Å². The molecule has 0 aliphatic rings. The third-order valence-electron chi connectivity index (χ3n) is 2.63. The Morgan fingerprint density at radius 2 is 1.83 bits per heavy atom. The highest BCUT2D eigenvalue weighted by molar-refractivity contribution is 5.33. The molecule has 0 aliphatic carbocycles. The third kappa shape index (κ3) is 4.08. The van der Waals surface area contributed by atoms with Crippen LogP contribution in [0.1, 0.15) is 16.7 Å². The van der Waals surface area contributed by atoms with Gasteiger partial charge in [-0.3, -0.25) is 0 Å². The van der Waals surface area contributed by atoms with E-state index in [0.717, 1.165) is 12.1 Å². The van der Waals surface area contributed by atoms with Crippen molar-refractivity contribution in [1.82, 2.24) is 5.32 Å². The SMILES string of the molecule is Cc1cccc(CNCC#Cc2ccccc2)c1. The zero-order chi connectivity index (χ0) is 12.6. The number of hydrogen-bond acceptors (Lipinski definition) is 1. The van der Waals surface area contributed by atoms with E-state index < -0.39 is 0 Å². The fraction of sp³-hybridized carbons (Fsp3) is 0.176. The quantitative estimate of drug-likeness (QED) is 0.636. The zero-order valence-electron chi connectivity index (χ0n) is 10.6. The Morgan fingerprint density at radius 3 is 2.61 bits per heavy atom. The first kappa shape index (κ1) is 12.4. The molecule has 0 radical (unpaired) electrons. The second-order valence-electron chi connectivity index (χ2n) is 4.26. The fourth-order valence-electron chi connectivity index (χ4n) is 1.76. The van der Waals surface area contributed by atoms with Crippen LogP contribution in [0.4, 0.5) is 0 Å². The third-order valence-corrected chi connectivity index (χ3v) is 2.63. The fourth-order valence-corrected chi connectivity index (χ4v) is 1.76. The molecule has 0 aromatic heterocycles. The summed E-state index contributed by atoms with van der Waals surface area (Å²) in [5.74, 6) is 6.26. The summed E-state index contributed by atoms with van der Waals surface area (Å²) in [6.45, 7) is 3.69. The topological polar surface area (TPSA) is 12.0 Å². The lowest BCUT2D eigenvalue weighted by Gasteiger charge is -2.01. The molecule has 0 unspecified atom stereocenters. The van der Waals surface area contributed by atoms with E-state index in [1.807, 2.05) is 30.3 Å². The summed E-state index contributed by atoms with van der Waals surface area (Å²) in [5.41, 5.74) is 3.66. The molecule has 0 amide bonds. The Hall–Kier alpha value is -2.04. The molecular weight excluding hydrogens is 218 g/mol. The smallest absolute Gasteiger partial charge is 0.0582 e. The van der Waals surface area contributed by atoms with Gasteiger partial charge >= 0.3 is 0 Å². The molecular formula is C17H17N. The van der Waals surface area contributed by atoms with Crippen LogP contribution in [0.2, 0.25) is 0 Å². The minimum Gasteiger partial charge on any atom is -0.302 e. The second-order valence-corrected chi connectivity index (χ2v) is 4.26. The Kier molecular flexibility index (Phi) is 4.58. The average Bonchev–Trinajstić information content (AvgIpc) is 2.40. The van der Waals surface area contributed by atoms with Crippen LogP contribution in [0.3, 0.4) is 0 Å². The van der Waals surface area contributed by atoms with E-state index in [4.69, 9.17) is 0 Å². The van der Waals surface area contributed by atoms with E-state index in [1.165, 1.54) is 11.1 Å². The van der Waals surface area contributed by atoms with Crippen molar-refractivity contribution in [3.05, 3.63) is 71.3 Å². The minimum atomic E-state index is 0.711. The molecule has 1 nitrogen and oxygen atoms in total. The predicted octanol–water partition coefficient (Wildman–Crippen LogP) is 3.14. The Bertz CT molecular complexity index is 547. The predicted molar refractivity (Wildman–Crippen MR) is 76.2 cm³/mol. The van der Waals surface area contributed by atoms with Gasteiger partial charge in [-0.1, -0.05) is 59.9 Å². The summed E-state index contributed by atoms with van der Waals surface area (Å²) in [5, 5.41) is 3.33. The molecule has 0 aliphatic heterocycles. The molecule has 2 rings (SSSR count). The molecule has 1 heteroatoms. The highest BCUT2D eigenvalue weighted by Crippen LogP contribution is 2.02. The summed E-state index contributed by atoms with van der Waals surface area (Å²) in [4.78, 5) is 0. The summed E-state index contributed by atoms with van der Waals surface area (Å²) in [6.07, 6.45) is 0. The van der Waals surface area contributed by atoms with Crippen LogP contribution < -0.4 is 5.32 Å². The molecule has 90 valence electrons. The normalized spacial score (nSPS) is 9.61. The lowest BCUT2D eigenvalue weighted by atomic mass is 10.1. The van der Waals surface area contributed by atoms with Crippen LogP contribution in [0.5, 0.6) is 0 Å². The highest BCUT2D eigenvalue weighted by atomic mass is 14.8. The van der Waals surface area contributed by atoms with Crippen LogP contribution >= 0.6 is 0 Å². The molecule has 2 aromatic carbocycles. The average molecular weight is 235 g/mol. The molecule has 0 atom stereocenters. The molecule has 0 heterocycles. The Balaban J connectivity index is 1.78. The van der Waals surface area contributed by atoms with Gasteiger partial charge < -0.3 is 5.32 Å². The first-order valence-corrected chi connectivity index (χ1v) is 6.15. The van der Waals surface area contributed by atoms with Gasteiger partial charge in [-0.15, -0.1) is 0 Å². The molecule has 18 heavy (non-hydrogen) atoms. The van der Waals surface area contributed by atoms with E-state index in [1.54, 1.807) is 0 Å². The van der Waals surface area contributed by atoms with Crippen LogP contribution in [-0.4, -0.2) is 6.54 Å². The zero-order valence-corrected chi connectivity index (χ0v) is 10.6. The number of hydrogen-bond donors (Lipinski definition) is 1. The van der Waals surface area contributed by atoms with E-state index in [2.05, 4.69) is 48.3 Å². The van der Waals surface area contributed by atoms with E-state index in [9.17, 15) is 0 Å². The minimum absolute atomic E-state index is 0.711. The lowest BCUT2D eigenvalue weighted by molar-refractivity contribution is 0.769. The standard InChI is InChI=1S/C17H17N/c1-15-7-5-10-17(13-15)14-18-12-6-11-16-8-3-2-4-9-16/h2-5,7-10,13,18H,12,14H2,1H3. The van der Waals surface area contributed by atoms with E-state index >= 15 is 0 Å². The molecule has 0 bridgehead atoms. The van der Waals surface area contributed by atoms with Gasteiger partial charge in [0.1, 0.15) is 0 Å². The largest absolute Gasteiger partial charge is 0.302 e. The van der Waals surface area contributed by atoms with Crippen molar-refractivity contribution in [2.45, 2.75) is 13.5 Å². The van der Waals surface area contributed by atoms with Gasteiger partial charge in [-0.25, -0.2) is 0 Å². The first-order valence-electron chi connectivity index (χ1n) is 6.15. The summed E-state index contributed by atoms with van der Waals surface area (Å²) in [6, 6.07) is 18.6. The number of benzene rings is 2. The van der Waals surface area contributed by atoms with Crippen molar-refractivity contribution in [1.29, 1.82) is 0 Å². The number of aryl methyl sites for hydroxylation is 1. The Labute approximate surface area is 109 Å². The summed E-state index contributed by atoms with van der Waals surface area (Å²) >= 11 is 0. The van der Waals surface area contributed by atoms with E-state index in [-0.39, 0.29) is 0 Å². The lowest BCUT2D eigenvalue weighted by Crippen LogP contribution is -2.13. The maximum absolute atomic E-state index is 3.33. The molecule has 0 spiro atoms. The molecule has 1 N–H and O–H groups in total. The monoisotopic (exact) mass is 235 g/mol. The van der Waals surface area contributed by atoms with Gasteiger partial charge in [-0.2, -0.15) is 0 Å². The van der Waals surface area contributed by atoms with Gasteiger partial charge in [0, 0.05) is 12.1 Å². The van der Waals surface area contributed by atoms with Gasteiger partial charge in [0.25, 0.3) is 0 Å². The molecule has 0 saturated heterocycles. The highest BCUT2D eigenvalue weighted by Gasteiger charge is 1.91. The van der Waals surface area contributed by atoms with Crippen molar-refractivity contribution >= 4 is 0 Å². The van der Waals surface area contributed by atoms with Crippen LogP contribution in [0, 0.1) is 18.8 Å². The maximum Gasteiger partial charge on any atom is 0.0582 e. The van der Waals surface area contributed by atoms with Crippen molar-refractivity contribution in [2.24, 2.45) is 0 Å². The van der Waals surface area contributed by atoms with Crippen molar-refractivity contribution in [2.75, 3.05) is 6.54 Å². The van der Waals surface area contributed by atoms with Crippen molar-refractivity contribution < 1.29 is 0 Å². The summed E-state index contributed by atoms with van der Waals surface area (Å²) in [7, 11) is 0. The molecule has 0 saturated carbocycles. The number of nitrogens with one attached hydrogen (secondary N) is 1. The first-order chi connectivity index (χ1) is 8.84. The molecule has 0 fully saturated rings. The summed E-state index contributed by atoms with van der Waals surface area (Å²) < 4.78 is 0. The van der Waals surface area contributed by atoms with Gasteiger partial charge in [0.15, 0.2) is 0 Å². The van der Waals surface area contributed by atoms with Gasteiger partial charge in [0.05, 0.1) is 6.54 Å². The second kappa shape index (κ2) is 6.64. The number of rotatable bonds is 3. The Morgan fingerprint density at radius 1 is 1.00 bits per heavy atom. The van der Waals surface area contributed by atoms with Crippen molar-refractivity contribution in [3.63, 3.8) is 0 Å². The van der Waals surface area contributed by atoms with Crippen LogP contribution in [0.15, 0.2) is 54.6 Å².